The Morgan fingerprint density at radius 1 is 0.917 bits per heavy atom. The Morgan fingerprint density at radius 3 is 1.79 bits per heavy atom. The minimum absolute atomic E-state index is 0.114. The van der Waals surface area contributed by atoms with Crippen molar-refractivity contribution in [2.45, 2.75) is 13.1 Å². The summed E-state index contributed by atoms with van der Waals surface area (Å²) in [4.78, 5) is 26.7. The standard InChI is InChI=1S/C16H11F4NO3/c1-10(22)24-21(15(23)16(18,19)20)14-8-4-12(5-9-14)11-2-6-13(17)7-3-11/h2-9H,1H3. The Hall–Kier alpha value is -2.90. The molecule has 1 amide bonds. The van der Waals surface area contributed by atoms with Gasteiger partial charge in [0, 0.05) is 6.92 Å². The molecule has 2 aromatic carbocycles. The van der Waals surface area contributed by atoms with Crippen LogP contribution in [0.1, 0.15) is 6.92 Å². The van der Waals surface area contributed by atoms with Gasteiger partial charge in [0.15, 0.2) is 0 Å². The molecule has 4 nitrogen and oxygen atoms in total. The summed E-state index contributed by atoms with van der Waals surface area (Å²) >= 11 is 0. The Balaban J connectivity index is 2.32. The van der Waals surface area contributed by atoms with Crippen molar-refractivity contribution in [3.63, 3.8) is 0 Å². The summed E-state index contributed by atoms with van der Waals surface area (Å²) in [6.07, 6.45) is -5.20. The number of rotatable bonds is 2. The SMILES string of the molecule is CC(=O)ON(C(=O)C(F)(F)F)c1ccc(-c2ccc(F)cc2)cc1. The van der Waals surface area contributed by atoms with Gasteiger partial charge < -0.3 is 4.84 Å². The van der Waals surface area contributed by atoms with Gasteiger partial charge in [-0.25, -0.2) is 9.18 Å². The Bertz CT molecular complexity index is 739. The fourth-order valence-electron chi connectivity index (χ4n) is 1.89. The highest BCUT2D eigenvalue weighted by Crippen LogP contribution is 2.27. The van der Waals surface area contributed by atoms with E-state index in [1.54, 1.807) is 0 Å². The van der Waals surface area contributed by atoms with E-state index in [-0.39, 0.29) is 10.8 Å². The van der Waals surface area contributed by atoms with E-state index in [4.69, 9.17) is 0 Å². The lowest BCUT2D eigenvalue weighted by atomic mass is 10.1. The maximum Gasteiger partial charge on any atom is 0.474 e. The van der Waals surface area contributed by atoms with Crippen molar-refractivity contribution in [3.05, 3.63) is 54.3 Å². The molecule has 0 fully saturated rings. The molecule has 0 unspecified atom stereocenters. The zero-order chi connectivity index (χ0) is 17.9. The number of alkyl halides is 3. The minimum atomic E-state index is -5.20. The number of nitrogens with zero attached hydrogens (tertiary/aromatic N) is 1. The molecule has 126 valence electrons. The van der Waals surface area contributed by atoms with Crippen LogP contribution >= 0.6 is 0 Å². The second kappa shape index (κ2) is 6.69. The molecule has 0 heterocycles. The fraction of sp³-hybridized carbons (Fsp3) is 0.125. The fourth-order valence-corrected chi connectivity index (χ4v) is 1.89. The van der Waals surface area contributed by atoms with Crippen LogP contribution in [0, 0.1) is 5.82 Å². The van der Waals surface area contributed by atoms with Crippen molar-refractivity contribution in [1.29, 1.82) is 0 Å². The van der Waals surface area contributed by atoms with Gasteiger partial charge in [-0.3, -0.25) is 4.79 Å². The highest BCUT2D eigenvalue weighted by atomic mass is 19.4. The van der Waals surface area contributed by atoms with E-state index < -0.39 is 23.9 Å². The van der Waals surface area contributed by atoms with Gasteiger partial charge in [-0.2, -0.15) is 13.2 Å². The number of carbonyl (C=O) groups is 2. The van der Waals surface area contributed by atoms with Crippen molar-refractivity contribution < 1.29 is 32.0 Å². The molecule has 0 aromatic heterocycles. The van der Waals surface area contributed by atoms with Gasteiger partial charge in [0.2, 0.25) is 0 Å². The number of halogens is 4. The first-order chi connectivity index (χ1) is 11.2. The first kappa shape index (κ1) is 17.5. The first-order valence-corrected chi connectivity index (χ1v) is 6.64. The topological polar surface area (TPSA) is 46.6 Å². The molecular weight excluding hydrogens is 330 g/mol. The van der Waals surface area contributed by atoms with Crippen molar-refractivity contribution in [3.8, 4) is 11.1 Å². The number of amides is 1. The summed E-state index contributed by atoms with van der Waals surface area (Å²) in [5.74, 6) is -3.82. The van der Waals surface area contributed by atoms with Gasteiger partial charge in [-0.15, -0.1) is 5.06 Å². The van der Waals surface area contributed by atoms with E-state index in [1.165, 1.54) is 48.5 Å². The Morgan fingerprint density at radius 2 is 1.38 bits per heavy atom. The first-order valence-electron chi connectivity index (χ1n) is 6.64. The average molecular weight is 341 g/mol. The molecule has 0 aliphatic heterocycles. The number of carbonyl (C=O) groups excluding carboxylic acids is 2. The molecule has 0 saturated carbocycles. The van der Waals surface area contributed by atoms with Crippen LogP contribution in [0.2, 0.25) is 0 Å². The van der Waals surface area contributed by atoms with Gasteiger partial charge >= 0.3 is 18.1 Å². The quantitative estimate of drug-likeness (QED) is 0.615. The Kier molecular flexibility index (Phi) is 4.87. The summed E-state index contributed by atoms with van der Waals surface area (Å²) in [5, 5.41) is -0.114. The van der Waals surface area contributed by atoms with Crippen molar-refractivity contribution >= 4 is 17.6 Å². The van der Waals surface area contributed by atoms with E-state index in [0.29, 0.717) is 11.1 Å². The smallest absolute Gasteiger partial charge is 0.333 e. The summed E-state index contributed by atoms with van der Waals surface area (Å²) in [6.45, 7) is 0.879. The van der Waals surface area contributed by atoms with Crippen LogP contribution < -0.4 is 5.06 Å². The van der Waals surface area contributed by atoms with Crippen LogP contribution in [0.15, 0.2) is 48.5 Å². The molecular formula is C16H11F4NO3. The van der Waals surface area contributed by atoms with E-state index in [1.807, 2.05) is 0 Å². The molecule has 2 rings (SSSR count). The molecule has 0 radical (unpaired) electrons. The lowest BCUT2D eigenvalue weighted by molar-refractivity contribution is -0.180. The van der Waals surface area contributed by atoms with E-state index in [0.717, 1.165) is 6.92 Å². The predicted molar refractivity (Wildman–Crippen MR) is 77.1 cm³/mol. The van der Waals surface area contributed by atoms with E-state index in [9.17, 15) is 27.2 Å². The molecule has 0 N–H and O–H groups in total. The largest absolute Gasteiger partial charge is 0.474 e. The predicted octanol–water partition coefficient (Wildman–Crippen LogP) is 3.87. The summed E-state index contributed by atoms with van der Waals surface area (Å²) < 4.78 is 50.7. The van der Waals surface area contributed by atoms with Gasteiger partial charge in [-0.1, -0.05) is 24.3 Å². The molecule has 0 atom stereocenters. The number of anilines is 1. The molecule has 0 spiro atoms. The lowest BCUT2D eigenvalue weighted by Crippen LogP contribution is -2.42. The van der Waals surface area contributed by atoms with Crippen molar-refractivity contribution in [1.82, 2.24) is 0 Å². The maximum atomic E-state index is 12.9. The monoisotopic (exact) mass is 341 g/mol. The zero-order valence-electron chi connectivity index (χ0n) is 12.3. The van der Waals surface area contributed by atoms with Crippen LogP contribution in [0.5, 0.6) is 0 Å². The van der Waals surface area contributed by atoms with Crippen LogP contribution in [0.4, 0.5) is 23.2 Å². The van der Waals surface area contributed by atoms with Crippen LogP contribution in [-0.2, 0) is 14.4 Å². The van der Waals surface area contributed by atoms with Crippen LogP contribution in [0.25, 0.3) is 11.1 Å². The molecule has 0 aliphatic rings. The second-order valence-electron chi connectivity index (χ2n) is 4.73. The third-order valence-electron chi connectivity index (χ3n) is 2.93. The number of benzene rings is 2. The van der Waals surface area contributed by atoms with E-state index in [2.05, 4.69) is 4.84 Å². The highest BCUT2D eigenvalue weighted by molar-refractivity contribution is 5.97. The second-order valence-corrected chi connectivity index (χ2v) is 4.73. The van der Waals surface area contributed by atoms with Crippen molar-refractivity contribution in [2.24, 2.45) is 0 Å². The number of hydrogen-bond acceptors (Lipinski definition) is 3. The molecule has 2 aromatic rings. The number of hydroxylamine groups is 1. The average Bonchev–Trinajstić information content (AvgIpc) is 2.52. The molecule has 8 heteroatoms. The number of hydrogen-bond donors (Lipinski definition) is 0. The van der Waals surface area contributed by atoms with Crippen molar-refractivity contribution in [2.75, 3.05) is 5.06 Å². The maximum absolute atomic E-state index is 12.9. The van der Waals surface area contributed by atoms with Gasteiger partial charge in [-0.05, 0) is 35.4 Å². The third kappa shape index (κ3) is 4.09. The Labute approximate surface area is 134 Å². The van der Waals surface area contributed by atoms with Gasteiger partial charge in [0.1, 0.15) is 5.82 Å². The summed E-state index contributed by atoms with van der Waals surface area (Å²) in [6, 6.07) is 10.7. The summed E-state index contributed by atoms with van der Waals surface area (Å²) in [5.41, 5.74) is 0.948. The molecule has 0 aliphatic carbocycles. The zero-order valence-corrected chi connectivity index (χ0v) is 12.3. The highest BCUT2D eigenvalue weighted by Gasteiger charge is 2.45. The van der Waals surface area contributed by atoms with Gasteiger partial charge in [0.25, 0.3) is 0 Å². The molecule has 24 heavy (non-hydrogen) atoms. The normalized spacial score (nSPS) is 11.0. The lowest BCUT2D eigenvalue weighted by Gasteiger charge is -2.21. The molecule has 0 saturated heterocycles. The molecule has 0 bridgehead atoms. The summed E-state index contributed by atoms with van der Waals surface area (Å²) in [7, 11) is 0. The van der Waals surface area contributed by atoms with Crippen LogP contribution in [-0.4, -0.2) is 18.1 Å². The van der Waals surface area contributed by atoms with Gasteiger partial charge in [0.05, 0.1) is 5.69 Å². The third-order valence-corrected chi connectivity index (χ3v) is 2.93. The minimum Gasteiger partial charge on any atom is -0.333 e. The van der Waals surface area contributed by atoms with E-state index >= 15 is 0 Å². The van der Waals surface area contributed by atoms with Crippen LogP contribution in [0.3, 0.4) is 0 Å².